The minimum Gasteiger partial charge on any atom is -0.369 e. The largest absolute Gasteiger partial charge is 0.369 e. The Bertz CT molecular complexity index is 484. The molecule has 4 heteroatoms. The average Bonchev–Trinajstić information content (AvgIpc) is 2.64. The molecule has 0 saturated heterocycles. The number of anilines is 1. The molecule has 0 aromatic heterocycles. The van der Waals surface area contributed by atoms with Crippen molar-refractivity contribution in [2.24, 2.45) is 16.6 Å². The lowest BCUT2D eigenvalue weighted by atomic mass is 9.90. The van der Waals surface area contributed by atoms with Crippen molar-refractivity contribution in [2.75, 3.05) is 11.4 Å². The van der Waals surface area contributed by atoms with Crippen molar-refractivity contribution in [2.45, 2.75) is 39.2 Å². The maximum absolute atomic E-state index is 6.10. The normalized spacial score (nSPS) is 23.0. The molecule has 0 aliphatic carbocycles. The summed E-state index contributed by atoms with van der Waals surface area (Å²) >= 11 is 3.52. The summed E-state index contributed by atoms with van der Waals surface area (Å²) < 4.78 is 1.07. The minimum atomic E-state index is -0.00481. The van der Waals surface area contributed by atoms with Crippen LogP contribution in [-0.4, -0.2) is 18.0 Å². The number of nitrogens with zero attached hydrogens (tertiary/aromatic N) is 2. The number of guanidine groups is 1. The number of halogens is 1. The standard InChI is InChI=1S/C15H22BrN3/c1-11(2)7-8-15(3)10-18-14(17)19(15)13-6-4-5-12(16)9-13/h4-6,9,11H,7-8,10H2,1-3H3,(H2,17,18). The molecule has 1 aliphatic rings. The van der Waals surface area contributed by atoms with Crippen LogP contribution in [0.15, 0.2) is 33.7 Å². The smallest absolute Gasteiger partial charge is 0.196 e. The van der Waals surface area contributed by atoms with Crippen LogP contribution in [0.2, 0.25) is 0 Å². The molecule has 0 amide bonds. The Morgan fingerprint density at radius 2 is 2.21 bits per heavy atom. The Labute approximate surface area is 124 Å². The van der Waals surface area contributed by atoms with E-state index in [-0.39, 0.29) is 5.54 Å². The Hall–Kier alpha value is -1.03. The van der Waals surface area contributed by atoms with Crippen molar-refractivity contribution < 1.29 is 0 Å². The molecule has 0 radical (unpaired) electrons. The third-order valence-electron chi connectivity index (χ3n) is 3.68. The average molecular weight is 324 g/mol. The molecule has 2 N–H and O–H groups in total. The van der Waals surface area contributed by atoms with Crippen LogP contribution in [0.5, 0.6) is 0 Å². The first-order chi connectivity index (χ1) is 8.92. The van der Waals surface area contributed by atoms with E-state index in [2.05, 4.69) is 58.7 Å². The molecule has 19 heavy (non-hydrogen) atoms. The van der Waals surface area contributed by atoms with Crippen LogP contribution < -0.4 is 10.6 Å². The summed E-state index contributed by atoms with van der Waals surface area (Å²) in [6.07, 6.45) is 2.28. The van der Waals surface area contributed by atoms with Gasteiger partial charge in [-0.15, -0.1) is 0 Å². The lowest BCUT2D eigenvalue weighted by molar-refractivity contribution is 0.407. The maximum Gasteiger partial charge on any atom is 0.196 e. The van der Waals surface area contributed by atoms with Gasteiger partial charge in [0, 0.05) is 10.2 Å². The van der Waals surface area contributed by atoms with Gasteiger partial charge in [-0.3, -0.25) is 4.99 Å². The maximum atomic E-state index is 6.10. The van der Waals surface area contributed by atoms with Crippen molar-refractivity contribution in [3.8, 4) is 0 Å². The molecule has 1 heterocycles. The molecule has 1 aliphatic heterocycles. The molecular weight excluding hydrogens is 302 g/mol. The number of hydrogen-bond acceptors (Lipinski definition) is 3. The molecule has 2 rings (SSSR count). The number of nitrogens with two attached hydrogens (primary N) is 1. The van der Waals surface area contributed by atoms with Crippen LogP contribution in [0.3, 0.4) is 0 Å². The highest BCUT2D eigenvalue weighted by Crippen LogP contribution is 2.34. The van der Waals surface area contributed by atoms with Crippen molar-refractivity contribution in [3.05, 3.63) is 28.7 Å². The van der Waals surface area contributed by atoms with E-state index in [9.17, 15) is 0 Å². The van der Waals surface area contributed by atoms with Gasteiger partial charge in [0.15, 0.2) is 5.96 Å². The second-order valence-electron chi connectivity index (χ2n) is 5.92. The molecule has 1 unspecified atom stereocenters. The molecule has 0 fully saturated rings. The van der Waals surface area contributed by atoms with Gasteiger partial charge in [0.25, 0.3) is 0 Å². The summed E-state index contributed by atoms with van der Waals surface area (Å²) in [4.78, 5) is 6.64. The topological polar surface area (TPSA) is 41.6 Å². The monoisotopic (exact) mass is 323 g/mol. The van der Waals surface area contributed by atoms with E-state index < -0.39 is 0 Å². The van der Waals surface area contributed by atoms with Crippen molar-refractivity contribution in [1.82, 2.24) is 0 Å². The van der Waals surface area contributed by atoms with Crippen LogP contribution in [0, 0.1) is 5.92 Å². The third-order valence-corrected chi connectivity index (χ3v) is 4.17. The molecule has 0 spiro atoms. The van der Waals surface area contributed by atoms with Crippen LogP contribution in [-0.2, 0) is 0 Å². The molecular formula is C15H22BrN3. The molecule has 1 aromatic rings. The second kappa shape index (κ2) is 5.53. The zero-order valence-electron chi connectivity index (χ0n) is 11.9. The molecule has 104 valence electrons. The minimum absolute atomic E-state index is 0.00481. The molecule has 1 aromatic carbocycles. The zero-order chi connectivity index (χ0) is 14.0. The fourth-order valence-electron chi connectivity index (χ4n) is 2.52. The third kappa shape index (κ3) is 3.11. The van der Waals surface area contributed by atoms with E-state index in [1.807, 2.05) is 12.1 Å². The van der Waals surface area contributed by atoms with Crippen molar-refractivity contribution in [1.29, 1.82) is 0 Å². The van der Waals surface area contributed by atoms with Gasteiger partial charge in [-0.25, -0.2) is 0 Å². The number of hydrogen-bond donors (Lipinski definition) is 1. The SMILES string of the molecule is CC(C)CCC1(C)CN=C(N)N1c1cccc(Br)c1. The summed E-state index contributed by atoms with van der Waals surface area (Å²) in [5, 5.41) is 0. The predicted molar refractivity (Wildman–Crippen MR) is 85.6 cm³/mol. The second-order valence-corrected chi connectivity index (χ2v) is 6.83. The van der Waals surface area contributed by atoms with Crippen molar-refractivity contribution in [3.63, 3.8) is 0 Å². The van der Waals surface area contributed by atoms with Gasteiger partial charge in [-0.05, 0) is 43.9 Å². The number of rotatable bonds is 4. The summed E-state index contributed by atoms with van der Waals surface area (Å²) in [7, 11) is 0. The number of benzene rings is 1. The van der Waals surface area contributed by atoms with E-state index in [1.54, 1.807) is 0 Å². The van der Waals surface area contributed by atoms with Crippen LogP contribution >= 0.6 is 15.9 Å². The van der Waals surface area contributed by atoms with E-state index in [1.165, 1.54) is 6.42 Å². The van der Waals surface area contributed by atoms with Crippen molar-refractivity contribution >= 4 is 27.6 Å². The Morgan fingerprint density at radius 1 is 1.47 bits per heavy atom. The van der Waals surface area contributed by atoms with Crippen LogP contribution in [0.25, 0.3) is 0 Å². The fourth-order valence-corrected chi connectivity index (χ4v) is 2.91. The molecule has 0 saturated carbocycles. The number of aliphatic imine (C=N–C) groups is 1. The fraction of sp³-hybridized carbons (Fsp3) is 0.533. The van der Waals surface area contributed by atoms with Gasteiger partial charge in [0.2, 0.25) is 0 Å². The van der Waals surface area contributed by atoms with Gasteiger partial charge in [-0.1, -0.05) is 35.8 Å². The lowest BCUT2D eigenvalue weighted by Gasteiger charge is -2.37. The Balaban J connectivity index is 2.26. The summed E-state index contributed by atoms with van der Waals surface area (Å²) in [5.74, 6) is 1.33. The van der Waals surface area contributed by atoms with Gasteiger partial charge in [0.05, 0.1) is 12.1 Å². The first-order valence-corrected chi connectivity index (χ1v) is 7.57. The first-order valence-electron chi connectivity index (χ1n) is 6.78. The quantitative estimate of drug-likeness (QED) is 0.916. The molecule has 3 nitrogen and oxygen atoms in total. The highest BCUT2D eigenvalue weighted by Gasteiger charge is 2.38. The first kappa shape index (κ1) is 14.4. The van der Waals surface area contributed by atoms with Gasteiger partial charge < -0.3 is 10.6 Å². The van der Waals surface area contributed by atoms with E-state index in [0.29, 0.717) is 11.9 Å². The Morgan fingerprint density at radius 3 is 2.84 bits per heavy atom. The summed E-state index contributed by atoms with van der Waals surface area (Å²) in [5.41, 5.74) is 7.21. The molecule has 0 bridgehead atoms. The lowest BCUT2D eigenvalue weighted by Crippen LogP contribution is -2.50. The summed E-state index contributed by atoms with van der Waals surface area (Å²) in [6, 6.07) is 8.25. The van der Waals surface area contributed by atoms with E-state index in [0.717, 1.165) is 23.1 Å². The highest BCUT2D eigenvalue weighted by atomic mass is 79.9. The van der Waals surface area contributed by atoms with Gasteiger partial charge in [0.1, 0.15) is 0 Å². The van der Waals surface area contributed by atoms with Crippen LogP contribution in [0.4, 0.5) is 5.69 Å². The highest BCUT2D eigenvalue weighted by molar-refractivity contribution is 9.10. The molecule has 1 atom stereocenters. The van der Waals surface area contributed by atoms with Gasteiger partial charge in [-0.2, -0.15) is 0 Å². The zero-order valence-corrected chi connectivity index (χ0v) is 13.4. The summed E-state index contributed by atoms with van der Waals surface area (Å²) in [6.45, 7) is 7.54. The van der Waals surface area contributed by atoms with Gasteiger partial charge >= 0.3 is 0 Å². The Kier molecular flexibility index (Phi) is 4.19. The van der Waals surface area contributed by atoms with E-state index >= 15 is 0 Å². The van der Waals surface area contributed by atoms with E-state index in [4.69, 9.17) is 5.73 Å². The van der Waals surface area contributed by atoms with Crippen LogP contribution in [0.1, 0.15) is 33.6 Å². The predicted octanol–water partition coefficient (Wildman–Crippen LogP) is 3.78.